The summed E-state index contributed by atoms with van der Waals surface area (Å²) in [6, 6.07) is 1.72. The van der Waals surface area contributed by atoms with E-state index in [9.17, 15) is 4.79 Å². The molecule has 1 aromatic rings. The normalized spacial score (nSPS) is 23.0. The molecule has 0 spiro atoms. The predicted octanol–water partition coefficient (Wildman–Crippen LogP) is 2.52. The third-order valence-electron chi connectivity index (χ3n) is 3.90. The molecule has 5 nitrogen and oxygen atoms in total. The minimum absolute atomic E-state index is 0.141. The molecular formula is C15H24N2O3. The lowest BCUT2D eigenvalue weighted by Gasteiger charge is -2.18. The van der Waals surface area contributed by atoms with Crippen LogP contribution in [0.2, 0.25) is 0 Å². The quantitative estimate of drug-likeness (QED) is 0.920. The Bertz CT molecular complexity index is 462. The van der Waals surface area contributed by atoms with E-state index in [0.29, 0.717) is 18.2 Å². The van der Waals surface area contributed by atoms with E-state index in [1.165, 1.54) is 0 Å². The van der Waals surface area contributed by atoms with Gasteiger partial charge in [-0.05, 0) is 12.8 Å². The van der Waals surface area contributed by atoms with Crippen LogP contribution in [0.3, 0.4) is 0 Å². The Hall–Kier alpha value is -1.36. The first kappa shape index (κ1) is 15.0. The number of nitrogens with zero attached hydrogens (tertiary/aromatic N) is 1. The molecule has 0 aromatic carbocycles. The minimum atomic E-state index is -0.175. The largest absolute Gasteiger partial charge is 0.381 e. The van der Waals surface area contributed by atoms with E-state index in [1.807, 2.05) is 20.8 Å². The molecule has 2 atom stereocenters. The molecule has 0 radical (unpaired) electrons. The highest BCUT2D eigenvalue weighted by Crippen LogP contribution is 2.27. The van der Waals surface area contributed by atoms with Gasteiger partial charge in [-0.1, -0.05) is 32.3 Å². The highest BCUT2D eigenvalue weighted by atomic mass is 16.5. The number of hydrogen-bond donors (Lipinski definition) is 1. The van der Waals surface area contributed by atoms with Crippen LogP contribution in [0.1, 0.15) is 56.3 Å². The Morgan fingerprint density at radius 1 is 1.50 bits per heavy atom. The molecule has 1 aliphatic rings. The molecule has 20 heavy (non-hydrogen) atoms. The summed E-state index contributed by atoms with van der Waals surface area (Å²) in [5, 5.41) is 6.78. The highest BCUT2D eigenvalue weighted by molar-refractivity contribution is 5.92. The van der Waals surface area contributed by atoms with Gasteiger partial charge in [0.05, 0.1) is 6.10 Å². The van der Waals surface area contributed by atoms with E-state index >= 15 is 0 Å². The summed E-state index contributed by atoms with van der Waals surface area (Å²) in [5.74, 6) is 0.947. The van der Waals surface area contributed by atoms with Crippen molar-refractivity contribution < 1.29 is 14.1 Å². The number of hydrogen-bond acceptors (Lipinski definition) is 4. The van der Waals surface area contributed by atoms with E-state index < -0.39 is 0 Å². The summed E-state index contributed by atoms with van der Waals surface area (Å²) < 4.78 is 10.7. The smallest absolute Gasteiger partial charge is 0.273 e. The Morgan fingerprint density at radius 3 is 2.85 bits per heavy atom. The number of nitrogens with one attached hydrogen (secondary N) is 1. The fraction of sp³-hybridized carbons (Fsp3) is 0.733. The van der Waals surface area contributed by atoms with Crippen LogP contribution >= 0.6 is 0 Å². The first-order valence-electron chi connectivity index (χ1n) is 7.20. The van der Waals surface area contributed by atoms with E-state index in [0.717, 1.165) is 25.0 Å². The molecule has 1 amide bonds. The second kappa shape index (κ2) is 5.95. The van der Waals surface area contributed by atoms with Crippen LogP contribution in [-0.4, -0.2) is 30.8 Å². The zero-order valence-corrected chi connectivity index (χ0v) is 12.7. The van der Waals surface area contributed by atoms with E-state index in [2.05, 4.69) is 10.5 Å². The summed E-state index contributed by atoms with van der Waals surface area (Å²) >= 11 is 0. The van der Waals surface area contributed by atoms with Crippen LogP contribution in [0.4, 0.5) is 0 Å². The van der Waals surface area contributed by atoms with Crippen LogP contribution in [-0.2, 0) is 10.2 Å². The van der Waals surface area contributed by atoms with Gasteiger partial charge in [0.15, 0.2) is 5.69 Å². The SMILES string of the molecule is CO[C@@H]1CCC[C@@H]1CNC(=O)c1cc(C(C)(C)C)on1. The van der Waals surface area contributed by atoms with Crippen molar-refractivity contribution in [3.63, 3.8) is 0 Å². The molecule has 1 saturated carbocycles. The van der Waals surface area contributed by atoms with Crippen molar-refractivity contribution >= 4 is 5.91 Å². The Kier molecular flexibility index (Phi) is 4.48. The van der Waals surface area contributed by atoms with Gasteiger partial charge in [0.1, 0.15) is 5.76 Å². The minimum Gasteiger partial charge on any atom is -0.381 e. The van der Waals surface area contributed by atoms with Crippen molar-refractivity contribution in [3.05, 3.63) is 17.5 Å². The molecular weight excluding hydrogens is 256 g/mol. The maximum absolute atomic E-state index is 12.1. The molecule has 112 valence electrons. The number of ether oxygens (including phenoxy) is 1. The summed E-state index contributed by atoms with van der Waals surface area (Å²) in [6.07, 6.45) is 3.61. The van der Waals surface area contributed by atoms with Crippen LogP contribution in [0.25, 0.3) is 0 Å². The zero-order chi connectivity index (χ0) is 14.8. The fourth-order valence-corrected chi connectivity index (χ4v) is 2.60. The van der Waals surface area contributed by atoms with E-state index in [4.69, 9.17) is 9.26 Å². The summed E-state index contributed by atoms with van der Waals surface area (Å²) in [6.45, 7) is 6.71. The molecule has 1 aromatic heterocycles. The molecule has 2 rings (SSSR count). The molecule has 1 N–H and O–H groups in total. The second-order valence-electron chi connectivity index (χ2n) is 6.50. The summed E-state index contributed by atoms with van der Waals surface area (Å²) in [5.41, 5.74) is 0.208. The topological polar surface area (TPSA) is 64.4 Å². The van der Waals surface area contributed by atoms with Crippen molar-refractivity contribution in [3.8, 4) is 0 Å². The van der Waals surface area contributed by atoms with Crippen LogP contribution in [0.15, 0.2) is 10.6 Å². The first-order valence-corrected chi connectivity index (χ1v) is 7.20. The molecule has 1 fully saturated rings. The van der Waals surface area contributed by atoms with Gasteiger partial charge in [0.2, 0.25) is 0 Å². The maximum atomic E-state index is 12.1. The average molecular weight is 280 g/mol. The first-order chi connectivity index (χ1) is 9.41. The lowest BCUT2D eigenvalue weighted by molar-refractivity contribution is 0.0682. The highest BCUT2D eigenvalue weighted by Gasteiger charge is 2.28. The fourth-order valence-electron chi connectivity index (χ4n) is 2.60. The van der Waals surface area contributed by atoms with Gasteiger partial charge in [-0.25, -0.2) is 0 Å². The van der Waals surface area contributed by atoms with Gasteiger partial charge in [0, 0.05) is 31.1 Å². The number of rotatable bonds is 4. The van der Waals surface area contributed by atoms with Gasteiger partial charge < -0.3 is 14.6 Å². The molecule has 5 heteroatoms. The van der Waals surface area contributed by atoms with E-state index in [1.54, 1.807) is 13.2 Å². The van der Waals surface area contributed by atoms with Crippen molar-refractivity contribution in [1.82, 2.24) is 10.5 Å². The lowest BCUT2D eigenvalue weighted by Crippen LogP contribution is -2.33. The van der Waals surface area contributed by atoms with Crippen molar-refractivity contribution in [2.24, 2.45) is 5.92 Å². The molecule has 1 aliphatic carbocycles. The van der Waals surface area contributed by atoms with E-state index in [-0.39, 0.29) is 17.4 Å². The van der Waals surface area contributed by atoms with Crippen LogP contribution in [0, 0.1) is 5.92 Å². The molecule has 0 unspecified atom stereocenters. The Balaban J connectivity index is 1.90. The lowest BCUT2D eigenvalue weighted by atomic mass is 9.93. The van der Waals surface area contributed by atoms with Crippen molar-refractivity contribution in [1.29, 1.82) is 0 Å². The second-order valence-corrected chi connectivity index (χ2v) is 6.50. The Morgan fingerprint density at radius 2 is 2.25 bits per heavy atom. The van der Waals surface area contributed by atoms with Crippen LogP contribution in [0.5, 0.6) is 0 Å². The molecule has 0 aliphatic heterocycles. The van der Waals surface area contributed by atoms with Gasteiger partial charge in [-0.2, -0.15) is 0 Å². The third-order valence-corrected chi connectivity index (χ3v) is 3.90. The average Bonchev–Trinajstić information content (AvgIpc) is 3.03. The number of methoxy groups -OCH3 is 1. The van der Waals surface area contributed by atoms with Gasteiger partial charge in [-0.15, -0.1) is 0 Å². The maximum Gasteiger partial charge on any atom is 0.273 e. The summed E-state index contributed by atoms with van der Waals surface area (Å²) in [4.78, 5) is 12.1. The standard InChI is InChI=1S/C15H24N2O3/c1-15(2,3)13-8-11(17-20-13)14(18)16-9-10-6-5-7-12(10)19-4/h8,10,12H,5-7,9H2,1-4H3,(H,16,18)/t10-,12-/m1/s1. The van der Waals surface area contributed by atoms with Gasteiger partial charge in [-0.3, -0.25) is 4.79 Å². The zero-order valence-electron chi connectivity index (χ0n) is 12.7. The predicted molar refractivity (Wildman–Crippen MR) is 75.7 cm³/mol. The van der Waals surface area contributed by atoms with Gasteiger partial charge >= 0.3 is 0 Å². The molecule has 1 heterocycles. The molecule has 0 saturated heterocycles. The number of carbonyl (C=O) groups is 1. The third kappa shape index (κ3) is 3.39. The van der Waals surface area contributed by atoms with Crippen molar-refractivity contribution in [2.45, 2.75) is 51.6 Å². The van der Waals surface area contributed by atoms with Crippen LogP contribution < -0.4 is 5.32 Å². The monoisotopic (exact) mass is 280 g/mol. The number of carbonyl (C=O) groups excluding carboxylic acids is 1. The van der Waals surface area contributed by atoms with Gasteiger partial charge in [0.25, 0.3) is 5.91 Å². The number of amides is 1. The Labute approximate surface area is 120 Å². The molecule has 0 bridgehead atoms. The van der Waals surface area contributed by atoms with Crippen molar-refractivity contribution in [2.75, 3.05) is 13.7 Å². The summed E-state index contributed by atoms with van der Waals surface area (Å²) in [7, 11) is 1.73. The number of aromatic nitrogens is 1.